The summed E-state index contributed by atoms with van der Waals surface area (Å²) in [5, 5.41) is 0. The molecular weight excluding hydrogens is 272 g/mol. The Labute approximate surface area is 122 Å². The summed E-state index contributed by atoms with van der Waals surface area (Å²) in [7, 11) is 0. The van der Waals surface area contributed by atoms with E-state index in [9.17, 15) is 14.4 Å². The molecule has 21 heavy (non-hydrogen) atoms. The van der Waals surface area contributed by atoms with Gasteiger partial charge in [0.15, 0.2) is 0 Å². The number of fused-ring (bicyclic) bond motifs is 4. The van der Waals surface area contributed by atoms with Crippen LogP contribution in [0.25, 0.3) is 0 Å². The van der Waals surface area contributed by atoms with Crippen LogP contribution < -0.4 is 5.56 Å². The lowest BCUT2D eigenvalue weighted by atomic mass is 9.83. The number of pyridine rings is 1. The molecule has 0 aliphatic carbocycles. The van der Waals surface area contributed by atoms with Gasteiger partial charge in [-0.3, -0.25) is 9.59 Å². The van der Waals surface area contributed by atoms with Crippen molar-refractivity contribution in [2.24, 2.45) is 5.92 Å². The Morgan fingerprint density at radius 1 is 1.29 bits per heavy atom. The van der Waals surface area contributed by atoms with E-state index in [1.807, 2.05) is 6.07 Å². The first-order valence-electron chi connectivity index (χ1n) is 7.26. The van der Waals surface area contributed by atoms with E-state index < -0.39 is 11.9 Å². The van der Waals surface area contributed by atoms with Gasteiger partial charge in [0, 0.05) is 37.3 Å². The summed E-state index contributed by atoms with van der Waals surface area (Å²) in [6.45, 7) is 3.47. The number of aromatic nitrogens is 1. The molecule has 2 atom stereocenters. The molecule has 112 valence electrons. The second kappa shape index (κ2) is 5.35. The molecule has 1 saturated heterocycles. The molecular formula is C15H18N2O4. The molecule has 1 aromatic rings. The van der Waals surface area contributed by atoms with Crippen molar-refractivity contribution in [3.05, 3.63) is 34.2 Å². The van der Waals surface area contributed by atoms with Gasteiger partial charge in [0.1, 0.15) is 0 Å². The molecule has 0 radical (unpaired) electrons. The minimum absolute atomic E-state index is 0.00682. The standard InChI is InChI=1S/C15H18N2O4/c1-2-21-15(20)14(19)16-7-10-6-11(9-16)12-4-3-5-13(18)17(12)8-10/h3-5,10-11H,2,6-9H2,1H3. The third-order valence-corrected chi connectivity index (χ3v) is 4.22. The Hall–Kier alpha value is -2.11. The van der Waals surface area contributed by atoms with Gasteiger partial charge in [-0.05, 0) is 25.3 Å². The molecule has 1 fully saturated rings. The lowest BCUT2D eigenvalue weighted by Gasteiger charge is -2.42. The number of hydrogen-bond donors (Lipinski definition) is 0. The predicted molar refractivity (Wildman–Crippen MR) is 74.8 cm³/mol. The number of carbonyl (C=O) groups excluding carboxylic acids is 2. The average Bonchev–Trinajstić information content (AvgIpc) is 2.48. The summed E-state index contributed by atoms with van der Waals surface area (Å²) in [6.07, 6.45) is 0.954. The van der Waals surface area contributed by atoms with E-state index in [1.54, 1.807) is 28.5 Å². The maximum atomic E-state index is 12.1. The van der Waals surface area contributed by atoms with Gasteiger partial charge in [-0.25, -0.2) is 4.79 Å². The van der Waals surface area contributed by atoms with E-state index in [0.29, 0.717) is 19.6 Å². The number of likely N-dealkylation sites (tertiary alicyclic amines) is 1. The number of ether oxygens (including phenoxy) is 1. The normalized spacial score (nSPS) is 23.4. The molecule has 0 spiro atoms. The number of carbonyl (C=O) groups is 2. The minimum Gasteiger partial charge on any atom is -0.459 e. The number of nitrogens with zero attached hydrogens (tertiary/aromatic N) is 2. The first-order chi connectivity index (χ1) is 10.1. The number of hydrogen-bond acceptors (Lipinski definition) is 4. The summed E-state index contributed by atoms with van der Waals surface area (Å²) < 4.78 is 6.58. The van der Waals surface area contributed by atoms with Crippen molar-refractivity contribution in [2.75, 3.05) is 19.7 Å². The second-order valence-electron chi connectivity index (χ2n) is 5.63. The van der Waals surface area contributed by atoms with Crippen molar-refractivity contribution >= 4 is 11.9 Å². The minimum atomic E-state index is -0.789. The molecule has 1 aromatic heterocycles. The van der Waals surface area contributed by atoms with Crippen molar-refractivity contribution in [3.63, 3.8) is 0 Å². The van der Waals surface area contributed by atoms with Gasteiger partial charge < -0.3 is 14.2 Å². The molecule has 6 nitrogen and oxygen atoms in total. The van der Waals surface area contributed by atoms with E-state index >= 15 is 0 Å². The Kier molecular flexibility index (Phi) is 3.53. The first kappa shape index (κ1) is 13.9. The third kappa shape index (κ3) is 2.46. The zero-order valence-electron chi connectivity index (χ0n) is 11.9. The highest BCUT2D eigenvalue weighted by Gasteiger charge is 2.38. The first-order valence-corrected chi connectivity index (χ1v) is 7.26. The van der Waals surface area contributed by atoms with Crippen LogP contribution in [-0.2, 0) is 20.9 Å². The van der Waals surface area contributed by atoms with Crippen LogP contribution in [-0.4, -0.2) is 41.0 Å². The summed E-state index contributed by atoms with van der Waals surface area (Å²) in [5.41, 5.74) is 0.965. The van der Waals surface area contributed by atoms with Crippen molar-refractivity contribution < 1.29 is 14.3 Å². The van der Waals surface area contributed by atoms with Crippen molar-refractivity contribution in [1.82, 2.24) is 9.47 Å². The second-order valence-corrected chi connectivity index (χ2v) is 5.63. The van der Waals surface area contributed by atoms with Crippen LogP contribution in [0.15, 0.2) is 23.0 Å². The number of esters is 1. The van der Waals surface area contributed by atoms with Crippen molar-refractivity contribution in [2.45, 2.75) is 25.8 Å². The summed E-state index contributed by atoms with van der Waals surface area (Å²) in [4.78, 5) is 37.2. The summed E-state index contributed by atoms with van der Waals surface area (Å²) in [5.74, 6) is -1.03. The van der Waals surface area contributed by atoms with E-state index in [1.165, 1.54) is 0 Å². The van der Waals surface area contributed by atoms with Crippen LogP contribution in [0.2, 0.25) is 0 Å². The lowest BCUT2D eigenvalue weighted by molar-refractivity contribution is -0.161. The van der Waals surface area contributed by atoms with Crippen LogP contribution in [0.5, 0.6) is 0 Å². The molecule has 3 heterocycles. The topological polar surface area (TPSA) is 68.6 Å². The smallest absolute Gasteiger partial charge is 0.397 e. The predicted octanol–water partition coefficient (Wildman–Crippen LogP) is 0.357. The fourth-order valence-electron chi connectivity index (χ4n) is 3.38. The SMILES string of the molecule is CCOC(=O)C(=O)N1CC2CC(C1)c1cccc(=O)n1C2. The largest absolute Gasteiger partial charge is 0.459 e. The molecule has 2 unspecified atom stereocenters. The van der Waals surface area contributed by atoms with Gasteiger partial charge in [-0.1, -0.05) is 6.07 Å². The Balaban J connectivity index is 1.83. The molecule has 0 saturated carbocycles. The zero-order valence-corrected chi connectivity index (χ0v) is 11.9. The van der Waals surface area contributed by atoms with Crippen LogP contribution in [0.1, 0.15) is 25.0 Å². The van der Waals surface area contributed by atoms with E-state index in [2.05, 4.69) is 0 Å². The van der Waals surface area contributed by atoms with Crippen molar-refractivity contribution in [1.29, 1.82) is 0 Å². The fourth-order valence-corrected chi connectivity index (χ4v) is 3.38. The van der Waals surface area contributed by atoms with E-state index in [4.69, 9.17) is 4.74 Å². The fraction of sp³-hybridized carbons (Fsp3) is 0.533. The summed E-state index contributed by atoms with van der Waals surface area (Å²) in [6, 6.07) is 5.24. The van der Waals surface area contributed by atoms with Crippen LogP contribution in [0, 0.1) is 5.92 Å². The number of piperidine rings is 1. The van der Waals surface area contributed by atoms with Gasteiger partial charge in [0.2, 0.25) is 0 Å². The Bertz CT molecular complexity index is 637. The Morgan fingerprint density at radius 3 is 2.86 bits per heavy atom. The molecule has 6 heteroatoms. The highest BCUT2D eigenvalue weighted by molar-refractivity contribution is 6.32. The van der Waals surface area contributed by atoms with Crippen LogP contribution in [0.4, 0.5) is 0 Å². The van der Waals surface area contributed by atoms with Gasteiger partial charge in [0.05, 0.1) is 6.61 Å². The monoisotopic (exact) mass is 290 g/mol. The molecule has 2 aliphatic heterocycles. The molecule has 2 aliphatic rings. The maximum Gasteiger partial charge on any atom is 0.397 e. The number of rotatable bonds is 1. The van der Waals surface area contributed by atoms with Crippen molar-refractivity contribution in [3.8, 4) is 0 Å². The lowest BCUT2D eigenvalue weighted by Crippen LogP contribution is -2.51. The molecule has 3 rings (SSSR count). The van der Waals surface area contributed by atoms with Crippen LogP contribution in [0.3, 0.4) is 0 Å². The summed E-state index contributed by atoms with van der Waals surface area (Å²) >= 11 is 0. The van der Waals surface area contributed by atoms with Gasteiger partial charge in [-0.15, -0.1) is 0 Å². The third-order valence-electron chi connectivity index (χ3n) is 4.22. The Morgan fingerprint density at radius 2 is 2.10 bits per heavy atom. The molecule has 2 bridgehead atoms. The van der Waals surface area contributed by atoms with Gasteiger partial charge in [-0.2, -0.15) is 0 Å². The van der Waals surface area contributed by atoms with E-state index in [-0.39, 0.29) is 24.0 Å². The molecule has 0 aromatic carbocycles. The average molecular weight is 290 g/mol. The maximum absolute atomic E-state index is 12.1. The zero-order chi connectivity index (χ0) is 15.0. The van der Waals surface area contributed by atoms with Gasteiger partial charge >= 0.3 is 11.9 Å². The molecule has 1 amide bonds. The highest BCUT2D eigenvalue weighted by Crippen LogP contribution is 2.34. The highest BCUT2D eigenvalue weighted by atomic mass is 16.5. The quantitative estimate of drug-likeness (QED) is 0.553. The van der Waals surface area contributed by atoms with E-state index in [0.717, 1.165) is 12.1 Å². The molecule has 0 N–H and O–H groups in total. The number of amides is 1. The van der Waals surface area contributed by atoms with Crippen LogP contribution >= 0.6 is 0 Å². The van der Waals surface area contributed by atoms with Gasteiger partial charge in [0.25, 0.3) is 5.56 Å².